The average molecular weight is 280 g/mol. The van der Waals surface area contributed by atoms with Crippen molar-refractivity contribution < 1.29 is 4.74 Å². The molecule has 0 aromatic heterocycles. The smallest absolute Gasteiger partial charge is 0.0922 e. The quantitative estimate of drug-likeness (QED) is 0.702. The molecule has 0 atom stereocenters. The Labute approximate surface area is 128 Å². The second kappa shape index (κ2) is 6.03. The molecule has 0 bridgehead atoms. The molecule has 1 aliphatic rings. The number of hydrogen-bond acceptors (Lipinski definition) is 1. The van der Waals surface area contributed by atoms with E-state index < -0.39 is 0 Å². The maximum absolute atomic E-state index is 5.79. The molecule has 0 N–H and O–H groups in total. The van der Waals surface area contributed by atoms with Crippen LogP contribution in [0.15, 0.2) is 48.5 Å². The van der Waals surface area contributed by atoms with Gasteiger partial charge in [0, 0.05) is 0 Å². The lowest BCUT2D eigenvalue weighted by Crippen LogP contribution is -2.13. The van der Waals surface area contributed by atoms with Crippen LogP contribution in [-0.2, 0) is 17.6 Å². The standard InChI is InChI=1S/C20H24O/c1-16-3-7-18(8-4-16)11-13-20(15-21-20)14-12-19-9-5-17(2)6-10-19/h3-10H,11-15H2,1-2H3. The molecule has 21 heavy (non-hydrogen) atoms. The normalized spacial score (nSPS) is 15.9. The van der Waals surface area contributed by atoms with E-state index in [0.717, 1.165) is 32.3 Å². The average Bonchev–Trinajstić information content (AvgIpc) is 3.27. The summed E-state index contributed by atoms with van der Waals surface area (Å²) in [5, 5.41) is 0. The lowest BCUT2D eigenvalue weighted by Gasteiger charge is -2.12. The highest BCUT2D eigenvalue weighted by atomic mass is 16.6. The van der Waals surface area contributed by atoms with Crippen molar-refractivity contribution in [1.29, 1.82) is 0 Å². The molecule has 0 saturated carbocycles. The minimum Gasteiger partial charge on any atom is -0.370 e. The SMILES string of the molecule is Cc1ccc(CCC2(CCc3ccc(C)cc3)CO2)cc1. The van der Waals surface area contributed by atoms with Crippen molar-refractivity contribution in [3.05, 3.63) is 70.8 Å². The minimum atomic E-state index is 0.149. The van der Waals surface area contributed by atoms with E-state index in [2.05, 4.69) is 62.4 Å². The maximum Gasteiger partial charge on any atom is 0.0922 e. The number of epoxide rings is 1. The monoisotopic (exact) mass is 280 g/mol. The molecular formula is C20H24O. The van der Waals surface area contributed by atoms with Gasteiger partial charge in [0.1, 0.15) is 0 Å². The first-order chi connectivity index (χ1) is 10.2. The maximum atomic E-state index is 5.79. The van der Waals surface area contributed by atoms with E-state index >= 15 is 0 Å². The third kappa shape index (κ3) is 3.95. The zero-order chi connectivity index (χ0) is 14.7. The fourth-order valence-electron chi connectivity index (χ4n) is 2.77. The third-order valence-electron chi connectivity index (χ3n) is 4.53. The van der Waals surface area contributed by atoms with Gasteiger partial charge >= 0.3 is 0 Å². The van der Waals surface area contributed by atoms with Crippen molar-refractivity contribution in [2.24, 2.45) is 0 Å². The van der Waals surface area contributed by atoms with E-state index in [1.807, 2.05) is 0 Å². The van der Waals surface area contributed by atoms with Gasteiger partial charge in [-0.2, -0.15) is 0 Å². The molecule has 0 amide bonds. The van der Waals surface area contributed by atoms with Gasteiger partial charge < -0.3 is 4.74 Å². The molecule has 1 nitrogen and oxygen atoms in total. The Balaban J connectivity index is 1.50. The van der Waals surface area contributed by atoms with Gasteiger partial charge in [0.25, 0.3) is 0 Å². The number of hydrogen-bond donors (Lipinski definition) is 0. The predicted octanol–water partition coefficient (Wildman–Crippen LogP) is 4.64. The van der Waals surface area contributed by atoms with Crippen LogP contribution in [-0.4, -0.2) is 12.2 Å². The second-order valence-electron chi connectivity index (χ2n) is 6.44. The summed E-state index contributed by atoms with van der Waals surface area (Å²) in [7, 11) is 0. The van der Waals surface area contributed by atoms with E-state index in [0.29, 0.717) is 0 Å². The first kappa shape index (κ1) is 14.3. The summed E-state index contributed by atoms with van der Waals surface area (Å²) in [5.74, 6) is 0. The molecule has 3 rings (SSSR count). The van der Waals surface area contributed by atoms with Crippen LogP contribution >= 0.6 is 0 Å². The van der Waals surface area contributed by atoms with Gasteiger partial charge in [0.2, 0.25) is 0 Å². The highest BCUT2D eigenvalue weighted by Gasteiger charge is 2.43. The number of aryl methyl sites for hydroxylation is 4. The van der Waals surface area contributed by atoms with Gasteiger partial charge in [-0.3, -0.25) is 0 Å². The first-order valence-electron chi connectivity index (χ1n) is 7.90. The fraction of sp³-hybridized carbons (Fsp3) is 0.400. The number of benzene rings is 2. The summed E-state index contributed by atoms with van der Waals surface area (Å²) in [6.45, 7) is 5.21. The highest BCUT2D eigenvalue weighted by molar-refractivity contribution is 5.23. The molecular weight excluding hydrogens is 256 g/mol. The lowest BCUT2D eigenvalue weighted by molar-refractivity contribution is 0.274. The molecule has 1 heterocycles. The van der Waals surface area contributed by atoms with Gasteiger partial charge in [0.15, 0.2) is 0 Å². The molecule has 2 aromatic rings. The van der Waals surface area contributed by atoms with Crippen LogP contribution in [0.3, 0.4) is 0 Å². The Morgan fingerprint density at radius 3 is 1.48 bits per heavy atom. The van der Waals surface area contributed by atoms with E-state index in [1.165, 1.54) is 22.3 Å². The summed E-state index contributed by atoms with van der Waals surface area (Å²) in [4.78, 5) is 0. The van der Waals surface area contributed by atoms with Gasteiger partial charge in [-0.15, -0.1) is 0 Å². The van der Waals surface area contributed by atoms with Gasteiger partial charge in [-0.1, -0.05) is 59.7 Å². The van der Waals surface area contributed by atoms with Crippen LogP contribution in [0.25, 0.3) is 0 Å². The molecule has 1 aliphatic heterocycles. The van der Waals surface area contributed by atoms with Gasteiger partial charge in [-0.05, 0) is 50.7 Å². The largest absolute Gasteiger partial charge is 0.370 e. The minimum absolute atomic E-state index is 0.149. The van der Waals surface area contributed by atoms with Crippen LogP contribution in [0.5, 0.6) is 0 Å². The van der Waals surface area contributed by atoms with Crippen molar-refractivity contribution in [3.8, 4) is 0 Å². The molecule has 0 unspecified atom stereocenters. The highest BCUT2D eigenvalue weighted by Crippen LogP contribution is 2.37. The van der Waals surface area contributed by atoms with Crippen molar-refractivity contribution in [2.75, 3.05) is 6.61 Å². The zero-order valence-corrected chi connectivity index (χ0v) is 13.1. The fourth-order valence-corrected chi connectivity index (χ4v) is 2.77. The lowest BCUT2D eigenvalue weighted by atomic mass is 9.93. The summed E-state index contributed by atoms with van der Waals surface area (Å²) in [6, 6.07) is 17.8. The Morgan fingerprint density at radius 2 is 1.14 bits per heavy atom. The molecule has 110 valence electrons. The molecule has 0 spiro atoms. The Hall–Kier alpha value is -1.60. The Bertz CT molecular complexity index is 525. The summed E-state index contributed by atoms with van der Waals surface area (Å²) < 4.78 is 5.79. The number of ether oxygens (including phenoxy) is 1. The summed E-state index contributed by atoms with van der Waals surface area (Å²) in [5.41, 5.74) is 5.65. The summed E-state index contributed by atoms with van der Waals surface area (Å²) >= 11 is 0. The number of rotatable bonds is 6. The molecule has 1 heteroatoms. The van der Waals surface area contributed by atoms with E-state index in [9.17, 15) is 0 Å². The third-order valence-corrected chi connectivity index (χ3v) is 4.53. The second-order valence-corrected chi connectivity index (χ2v) is 6.44. The molecule has 2 aromatic carbocycles. The van der Waals surface area contributed by atoms with Gasteiger partial charge in [0.05, 0.1) is 12.2 Å². The topological polar surface area (TPSA) is 12.5 Å². The zero-order valence-electron chi connectivity index (χ0n) is 13.1. The van der Waals surface area contributed by atoms with Gasteiger partial charge in [-0.25, -0.2) is 0 Å². The molecule has 1 saturated heterocycles. The molecule has 0 radical (unpaired) electrons. The van der Waals surface area contributed by atoms with Crippen molar-refractivity contribution in [3.63, 3.8) is 0 Å². The Kier molecular flexibility index (Phi) is 4.12. The van der Waals surface area contributed by atoms with Crippen molar-refractivity contribution in [2.45, 2.75) is 45.1 Å². The van der Waals surface area contributed by atoms with E-state index in [4.69, 9.17) is 4.74 Å². The Morgan fingerprint density at radius 1 is 0.762 bits per heavy atom. The van der Waals surface area contributed by atoms with Crippen LogP contribution in [0.4, 0.5) is 0 Å². The predicted molar refractivity (Wildman–Crippen MR) is 87.7 cm³/mol. The van der Waals surface area contributed by atoms with E-state index in [1.54, 1.807) is 0 Å². The first-order valence-corrected chi connectivity index (χ1v) is 7.90. The van der Waals surface area contributed by atoms with Crippen LogP contribution < -0.4 is 0 Å². The van der Waals surface area contributed by atoms with Crippen LogP contribution in [0, 0.1) is 13.8 Å². The molecule has 0 aliphatic carbocycles. The van der Waals surface area contributed by atoms with Crippen LogP contribution in [0.1, 0.15) is 35.1 Å². The molecule has 1 fully saturated rings. The van der Waals surface area contributed by atoms with Crippen molar-refractivity contribution >= 4 is 0 Å². The summed E-state index contributed by atoms with van der Waals surface area (Å²) in [6.07, 6.45) is 4.52. The van der Waals surface area contributed by atoms with E-state index in [-0.39, 0.29) is 5.60 Å². The van der Waals surface area contributed by atoms with Crippen molar-refractivity contribution in [1.82, 2.24) is 0 Å². The van der Waals surface area contributed by atoms with Crippen LogP contribution in [0.2, 0.25) is 0 Å².